The summed E-state index contributed by atoms with van der Waals surface area (Å²) in [5.74, 6) is -3.16. The maximum absolute atomic E-state index is 15.6. The van der Waals surface area contributed by atoms with Crippen LogP contribution in [0.25, 0.3) is 0 Å². The fourth-order valence-corrected chi connectivity index (χ4v) is 6.42. The van der Waals surface area contributed by atoms with Gasteiger partial charge in [-0.15, -0.1) is 0 Å². The molecule has 0 aliphatic carbocycles. The summed E-state index contributed by atoms with van der Waals surface area (Å²) < 4.78 is 57.3. The van der Waals surface area contributed by atoms with Gasteiger partial charge >= 0.3 is 0 Å². The lowest BCUT2D eigenvalue weighted by atomic mass is 10.0. The van der Waals surface area contributed by atoms with Crippen LogP contribution >= 0.6 is 0 Å². The number of H-pyrrole nitrogens is 1. The number of anilines is 4. The summed E-state index contributed by atoms with van der Waals surface area (Å²) in [4.78, 5) is 11.6. The molecular formula is C26H30F2N8O2S. The Bertz CT molecular complexity index is 1580. The van der Waals surface area contributed by atoms with E-state index < -0.39 is 27.4 Å². The summed E-state index contributed by atoms with van der Waals surface area (Å²) in [6, 6.07) is 10.2. The molecule has 3 aliphatic rings. The molecule has 0 bridgehead atoms. The van der Waals surface area contributed by atoms with Gasteiger partial charge < -0.3 is 25.4 Å². The highest BCUT2D eigenvalue weighted by Crippen LogP contribution is 2.39. The first kappa shape index (κ1) is 25.6. The third-order valence-electron chi connectivity index (χ3n) is 7.53. The van der Waals surface area contributed by atoms with E-state index in [9.17, 15) is 8.42 Å². The molecule has 3 aliphatic heterocycles. The number of para-hydroxylation sites is 1. The average Bonchev–Trinajstić information content (AvgIpc) is 3.54. The van der Waals surface area contributed by atoms with Crippen molar-refractivity contribution >= 4 is 38.7 Å². The SMILES string of the molecule is CN1CCN(c2ccc(C3(N)N=C(Nc4cccc5c4N(S(C)(=O)=O)CC5)c4cc[nH]c4N3)c(F)c2F)CC1. The van der Waals surface area contributed by atoms with Gasteiger partial charge in [0, 0.05) is 38.9 Å². The van der Waals surface area contributed by atoms with Crippen molar-refractivity contribution in [2.45, 2.75) is 12.2 Å². The highest BCUT2D eigenvalue weighted by molar-refractivity contribution is 7.92. The van der Waals surface area contributed by atoms with Crippen LogP contribution in [0.2, 0.25) is 0 Å². The molecular weight excluding hydrogens is 526 g/mol. The van der Waals surface area contributed by atoms with Gasteiger partial charge in [-0.2, -0.15) is 0 Å². The molecule has 1 aromatic heterocycles. The Morgan fingerprint density at radius 3 is 2.56 bits per heavy atom. The predicted octanol–water partition coefficient (Wildman–Crippen LogP) is 2.42. The number of hydrogen-bond acceptors (Lipinski definition) is 8. The van der Waals surface area contributed by atoms with Crippen molar-refractivity contribution in [3.8, 4) is 0 Å². The van der Waals surface area contributed by atoms with Crippen LogP contribution in [0.1, 0.15) is 16.7 Å². The summed E-state index contributed by atoms with van der Waals surface area (Å²) in [5, 5.41) is 6.23. The summed E-state index contributed by atoms with van der Waals surface area (Å²) >= 11 is 0. The standard InChI is InChI=1S/C26H30F2N8O2S/c1-34-12-14-35(15-13-34)20-7-6-18(21(27)22(20)28)26(29)32-24-17(8-10-30-24)25(33-26)31-19-5-3-4-16-9-11-36(23(16)19)39(2,37)38/h3-8,10,30,32H,9,11-15,29H2,1-2H3,(H,31,33). The minimum Gasteiger partial charge on any atom is -0.367 e. The first-order valence-electron chi connectivity index (χ1n) is 12.7. The third-order valence-corrected chi connectivity index (χ3v) is 8.69. The predicted molar refractivity (Wildman–Crippen MR) is 149 cm³/mol. The van der Waals surface area contributed by atoms with Gasteiger partial charge in [0.05, 0.1) is 34.4 Å². The second-order valence-electron chi connectivity index (χ2n) is 10.2. The summed E-state index contributed by atoms with van der Waals surface area (Å²) in [6.07, 6.45) is 3.41. The van der Waals surface area contributed by atoms with Crippen LogP contribution in [0.5, 0.6) is 0 Å². The van der Waals surface area contributed by atoms with E-state index in [4.69, 9.17) is 5.73 Å². The van der Waals surface area contributed by atoms with Crippen molar-refractivity contribution in [1.82, 2.24) is 9.88 Å². The second kappa shape index (κ2) is 9.21. The van der Waals surface area contributed by atoms with E-state index in [0.29, 0.717) is 48.8 Å². The van der Waals surface area contributed by atoms with Crippen molar-refractivity contribution in [2.75, 3.05) is 65.9 Å². The number of nitrogens with two attached hydrogens (primary N) is 1. The number of nitrogens with one attached hydrogen (secondary N) is 3. The molecule has 13 heteroatoms. The largest absolute Gasteiger partial charge is 0.367 e. The van der Waals surface area contributed by atoms with Crippen LogP contribution < -0.4 is 25.6 Å². The van der Waals surface area contributed by atoms with Gasteiger partial charge in [-0.1, -0.05) is 12.1 Å². The molecule has 1 atom stereocenters. The van der Waals surface area contributed by atoms with Crippen LogP contribution in [0.4, 0.5) is 31.7 Å². The maximum Gasteiger partial charge on any atom is 0.232 e. The number of aromatic nitrogens is 1. The average molecular weight is 557 g/mol. The van der Waals surface area contributed by atoms with Crippen LogP contribution in [-0.2, 0) is 22.2 Å². The van der Waals surface area contributed by atoms with Crippen molar-refractivity contribution in [3.63, 3.8) is 0 Å². The molecule has 6 rings (SSSR count). The topological polar surface area (TPSA) is 122 Å². The molecule has 5 N–H and O–H groups in total. The Morgan fingerprint density at radius 1 is 1.05 bits per heavy atom. The molecule has 0 saturated carbocycles. The monoisotopic (exact) mass is 556 g/mol. The zero-order chi connectivity index (χ0) is 27.5. The number of benzene rings is 2. The smallest absolute Gasteiger partial charge is 0.232 e. The Balaban J connectivity index is 1.39. The summed E-state index contributed by atoms with van der Waals surface area (Å²) in [6.45, 7) is 3.01. The van der Waals surface area contributed by atoms with Crippen molar-refractivity contribution in [2.24, 2.45) is 10.7 Å². The number of halogens is 2. The Labute approximate surface area is 225 Å². The van der Waals surface area contributed by atoms with Crippen molar-refractivity contribution in [3.05, 3.63) is 70.9 Å². The van der Waals surface area contributed by atoms with E-state index in [-0.39, 0.29) is 17.1 Å². The lowest BCUT2D eigenvalue weighted by Gasteiger charge is -2.36. The fraction of sp³-hybridized carbons (Fsp3) is 0.346. The normalized spacial score (nSPS) is 21.3. The molecule has 1 unspecified atom stereocenters. The van der Waals surface area contributed by atoms with Gasteiger partial charge in [0.1, 0.15) is 11.7 Å². The van der Waals surface area contributed by atoms with Gasteiger partial charge in [-0.3, -0.25) is 10.0 Å². The summed E-state index contributed by atoms with van der Waals surface area (Å²) in [7, 11) is -1.52. The molecule has 2 aromatic carbocycles. The number of aromatic amines is 1. The van der Waals surface area contributed by atoms with E-state index in [1.54, 1.807) is 18.3 Å². The zero-order valence-corrected chi connectivity index (χ0v) is 22.4. The molecule has 3 aromatic rings. The first-order valence-corrected chi connectivity index (χ1v) is 14.5. The van der Waals surface area contributed by atoms with E-state index in [0.717, 1.165) is 18.7 Å². The fourth-order valence-electron chi connectivity index (χ4n) is 5.45. The number of fused-ring (bicyclic) bond motifs is 2. The first-order chi connectivity index (χ1) is 18.5. The third kappa shape index (κ3) is 4.39. The van der Waals surface area contributed by atoms with E-state index in [1.165, 1.54) is 22.7 Å². The van der Waals surface area contributed by atoms with E-state index >= 15 is 8.78 Å². The van der Waals surface area contributed by atoms with Gasteiger partial charge in [-0.25, -0.2) is 22.2 Å². The molecule has 4 heterocycles. The molecule has 1 saturated heterocycles. The molecule has 1 fully saturated rings. The van der Waals surface area contributed by atoms with Crippen LogP contribution in [0.3, 0.4) is 0 Å². The number of aliphatic imine (C=N–C) groups is 1. The minimum absolute atomic E-state index is 0.159. The number of rotatable bonds is 4. The van der Waals surface area contributed by atoms with Crippen molar-refractivity contribution in [1.29, 1.82) is 0 Å². The van der Waals surface area contributed by atoms with Gasteiger partial charge in [0.25, 0.3) is 0 Å². The molecule has 39 heavy (non-hydrogen) atoms. The Kier molecular flexibility index (Phi) is 6.04. The number of nitrogens with zero attached hydrogens (tertiary/aromatic N) is 4. The number of likely N-dealkylation sites (N-methyl/N-ethyl adjacent to an activating group) is 1. The molecule has 10 nitrogen and oxygen atoms in total. The Morgan fingerprint density at radius 2 is 1.82 bits per heavy atom. The quantitative estimate of drug-likeness (QED) is 0.389. The van der Waals surface area contributed by atoms with Crippen LogP contribution in [0.15, 0.2) is 47.6 Å². The van der Waals surface area contributed by atoms with Crippen LogP contribution in [-0.4, -0.2) is 70.2 Å². The van der Waals surface area contributed by atoms with Gasteiger partial charge in [-0.05, 0) is 43.3 Å². The Hall–Kier alpha value is -3.68. The van der Waals surface area contributed by atoms with E-state index in [2.05, 4.69) is 25.5 Å². The number of hydrogen-bond donors (Lipinski definition) is 4. The number of piperazine rings is 1. The molecule has 0 radical (unpaired) electrons. The highest BCUT2D eigenvalue weighted by atomic mass is 32.2. The highest BCUT2D eigenvalue weighted by Gasteiger charge is 2.38. The minimum atomic E-state index is -3.51. The van der Waals surface area contributed by atoms with Crippen LogP contribution in [0, 0.1) is 11.6 Å². The molecule has 206 valence electrons. The lowest BCUT2D eigenvalue weighted by molar-refractivity contribution is 0.311. The van der Waals surface area contributed by atoms with Gasteiger partial charge in [0.15, 0.2) is 11.6 Å². The number of sulfonamides is 1. The molecule has 0 spiro atoms. The van der Waals surface area contributed by atoms with E-state index in [1.807, 2.05) is 24.1 Å². The zero-order valence-electron chi connectivity index (χ0n) is 21.6. The second-order valence-corrected chi connectivity index (χ2v) is 12.1. The maximum atomic E-state index is 15.6. The lowest BCUT2D eigenvalue weighted by Crippen LogP contribution is -2.48. The number of amidine groups is 1. The van der Waals surface area contributed by atoms with Gasteiger partial charge in [0.2, 0.25) is 15.8 Å². The van der Waals surface area contributed by atoms with Crippen molar-refractivity contribution < 1.29 is 17.2 Å². The molecule has 0 amide bonds. The summed E-state index contributed by atoms with van der Waals surface area (Å²) in [5.41, 5.74) is 9.21.